The molecule has 0 aliphatic heterocycles. The average Bonchev–Trinajstić information content (AvgIpc) is 2.27. The zero-order valence-corrected chi connectivity index (χ0v) is 9.00. The van der Waals surface area contributed by atoms with Crippen LogP contribution in [0, 0.1) is 5.82 Å². The fourth-order valence-electron chi connectivity index (χ4n) is 1.63. The number of rotatable bonds is 3. The molecule has 0 unspecified atom stereocenters. The van der Waals surface area contributed by atoms with Gasteiger partial charge >= 0.3 is 0 Å². The van der Waals surface area contributed by atoms with Crippen molar-refractivity contribution in [3.8, 4) is 0 Å². The topological polar surface area (TPSA) is 63.8 Å². The molecule has 2 aromatic rings. The second-order valence-corrected chi connectivity index (χ2v) is 3.52. The lowest BCUT2D eigenvalue weighted by Gasteiger charge is -2.06. The third-order valence-corrected chi connectivity index (χ3v) is 2.39. The van der Waals surface area contributed by atoms with Gasteiger partial charge in [-0.05, 0) is 13.1 Å². The highest BCUT2D eigenvalue weighted by molar-refractivity contribution is 5.82. The van der Waals surface area contributed by atoms with Gasteiger partial charge in [0.25, 0.3) is 0 Å². The summed E-state index contributed by atoms with van der Waals surface area (Å²) in [4.78, 5) is 8.06. The molecule has 4 nitrogen and oxygen atoms in total. The summed E-state index contributed by atoms with van der Waals surface area (Å²) in [7, 11) is 1.85. The van der Waals surface area contributed by atoms with Crippen LogP contribution in [-0.2, 0) is 6.42 Å². The molecule has 0 saturated heterocycles. The number of nitrogens with one attached hydrogen (secondary N) is 1. The standard InChI is InChI=1S/C11H13FN4/c1-14-6-5-9-7-3-2-4-8(12)10(7)16-11(13)15-9/h2-4,14H,5-6H2,1H3,(H2,13,15,16). The van der Waals surface area contributed by atoms with Crippen LogP contribution < -0.4 is 11.1 Å². The number of likely N-dealkylation sites (N-methyl/N-ethyl adjacent to an activating group) is 1. The minimum atomic E-state index is -0.364. The van der Waals surface area contributed by atoms with E-state index in [4.69, 9.17) is 5.73 Å². The van der Waals surface area contributed by atoms with Crippen molar-refractivity contribution in [3.05, 3.63) is 29.7 Å². The van der Waals surface area contributed by atoms with E-state index in [1.54, 1.807) is 6.07 Å². The molecule has 5 heteroatoms. The van der Waals surface area contributed by atoms with E-state index < -0.39 is 0 Å². The molecule has 0 saturated carbocycles. The highest BCUT2D eigenvalue weighted by Gasteiger charge is 2.08. The highest BCUT2D eigenvalue weighted by Crippen LogP contribution is 2.19. The first-order valence-corrected chi connectivity index (χ1v) is 5.07. The first kappa shape index (κ1) is 10.8. The van der Waals surface area contributed by atoms with Crippen molar-refractivity contribution in [1.29, 1.82) is 0 Å². The van der Waals surface area contributed by atoms with Crippen LogP contribution in [0.5, 0.6) is 0 Å². The second-order valence-electron chi connectivity index (χ2n) is 3.52. The van der Waals surface area contributed by atoms with Gasteiger partial charge in [-0.3, -0.25) is 0 Å². The van der Waals surface area contributed by atoms with Gasteiger partial charge in [0, 0.05) is 18.4 Å². The molecule has 0 aliphatic rings. The Balaban J connectivity index is 2.59. The van der Waals surface area contributed by atoms with Gasteiger partial charge in [0.2, 0.25) is 5.95 Å². The fourth-order valence-corrected chi connectivity index (χ4v) is 1.63. The minimum Gasteiger partial charge on any atom is -0.368 e. The van der Waals surface area contributed by atoms with Gasteiger partial charge in [0.1, 0.15) is 11.3 Å². The summed E-state index contributed by atoms with van der Waals surface area (Å²) in [6.45, 7) is 0.766. The van der Waals surface area contributed by atoms with E-state index in [1.807, 2.05) is 13.1 Å². The predicted molar refractivity (Wildman–Crippen MR) is 61.5 cm³/mol. The molecular weight excluding hydrogens is 207 g/mol. The summed E-state index contributed by atoms with van der Waals surface area (Å²) in [5.41, 5.74) is 6.62. The van der Waals surface area contributed by atoms with E-state index in [9.17, 15) is 4.39 Å². The molecule has 1 aromatic heterocycles. The third kappa shape index (κ3) is 1.94. The number of benzene rings is 1. The van der Waals surface area contributed by atoms with E-state index in [1.165, 1.54) is 6.07 Å². The van der Waals surface area contributed by atoms with E-state index in [2.05, 4.69) is 15.3 Å². The lowest BCUT2D eigenvalue weighted by Crippen LogP contribution is -2.12. The molecular formula is C11H13FN4. The lowest BCUT2D eigenvalue weighted by molar-refractivity contribution is 0.636. The number of nitrogen functional groups attached to an aromatic ring is 1. The molecule has 0 bridgehead atoms. The number of nitrogens with zero attached hydrogens (tertiary/aromatic N) is 2. The number of nitrogens with two attached hydrogens (primary N) is 1. The first-order valence-electron chi connectivity index (χ1n) is 5.07. The first-order chi connectivity index (χ1) is 7.72. The monoisotopic (exact) mass is 220 g/mol. The molecule has 1 aromatic carbocycles. The predicted octanol–water partition coefficient (Wildman–Crippen LogP) is 1.11. The summed E-state index contributed by atoms with van der Waals surface area (Å²) < 4.78 is 13.5. The van der Waals surface area contributed by atoms with Crippen LogP contribution in [-0.4, -0.2) is 23.6 Å². The Morgan fingerprint density at radius 2 is 2.19 bits per heavy atom. The van der Waals surface area contributed by atoms with Crippen LogP contribution in [0.2, 0.25) is 0 Å². The van der Waals surface area contributed by atoms with Crippen molar-refractivity contribution in [2.24, 2.45) is 0 Å². The fraction of sp³-hybridized carbons (Fsp3) is 0.273. The molecule has 0 radical (unpaired) electrons. The lowest BCUT2D eigenvalue weighted by atomic mass is 10.1. The third-order valence-electron chi connectivity index (χ3n) is 2.39. The molecule has 2 rings (SSSR count). The van der Waals surface area contributed by atoms with Gasteiger partial charge in [-0.25, -0.2) is 14.4 Å². The van der Waals surface area contributed by atoms with E-state index in [0.29, 0.717) is 11.9 Å². The average molecular weight is 220 g/mol. The maximum atomic E-state index is 13.5. The smallest absolute Gasteiger partial charge is 0.220 e. The van der Waals surface area contributed by atoms with Gasteiger partial charge < -0.3 is 11.1 Å². The van der Waals surface area contributed by atoms with Crippen molar-refractivity contribution in [3.63, 3.8) is 0 Å². The molecule has 1 heterocycles. The Hall–Kier alpha value is -1.75. The number of aromatic nitrogens is 2. The highest BCUT2D eigenvalue weighted by atomic mass is 19.1. The van der Waals surface area contributed by atoms with Gasteiger partial charge in [-0.2, -0.15) is 0 Å². The second kappa shape index (κ2) is 4.40. The zero-order valence-electron chi connectivity index (χ0n) is 9.00. The summed E-state index contributed by atoms with van der Waals surface area (Å²) in [5, 5.41) is 3.75. The zero-order chi connectivity index (χ0) is 11.5. The van der Waals surface area contributed by atoms with Crippen molar-refractivity contribution < 1.29 is 4.39 Å². The van der Waals surface area contributed by atoms with Crippen molar-refractivity contribution in [2.45, 2.75) is 6.42 Å². The molecule has 84 valence electrons. The SMILES string of the molecule is CNCCc1nc(N)nc2c(F)cccc12. The van der Waals surface area contributed by atoms with E-state index >= 15 is 0 Å². The van der Waals surface area contributed by atoms with Crippen LogP contribution in [0.15, 0.2) is 18.2 Å². The van der Waals surface area contributed by atoms with Crippen molar-refractivity contribution in [1.82, 2.24) is 15.3 Å². The Bertz CT molecular complexity index is 513. The van der Waals surface area contributed by atoms with Crippen molar-refractivity contribution in [2.75, 3.05) is 19.3 Å². The Morgan fingerprint density at radius 3 is 2.94 bits per heavy atom. The summed E-state index contributed by atoms with van der Waals surface area (Å²) in [6.07, 6.45) is 0.698. The molecule has 0 aliphatic carbocycles. The number of hydrogen-bond acceptors (Lipinski definition) is 4. The maximum absolute atomic E-state index is 13.5. The van der Waals surface area contributed by atoms with Crippen molar-refractivity contribution >= 4 is 16.9 Å². The quantitative estimate of drug-likeness (QED) is 0.813. The van der Waals surface area contributed by atoms with E-state index in [0.717, 1.165) is 17.6 Å². The molecule has 16 heavy (non-hydrogen) atoms. The largest absolute Gasteiger partial charge is 0.368 e. The number of hydrogen-bond donors (Lipinski definition) is 2. The Labute approximate surface area is 92.7 Å². The normalized spacial score (nSPS) is 10.9. The van der Waals surface area contributed by atoms with E-state index in [-0.39, 0.29) is 11.8 Å². The Kier molecular flexibility index (Phi) is 2.96. The minimum absolute atomic E-state index is 0.115. The Morgan fingerprint density at radius 1 is 1.38 bits per heavy atom. The van der Waals surface area contributed by atoms with Crippen LogP contribution in [0.3, 0.4) is 0 Å². The maximum Gasteiger partial charge on any atom is 0.220 e. The number of anilines is 1. The van der Waals surface area contributed by atoms with Crippen LogP contribution in [0.4, 0.5) is 10.3 Å². The van der Waals surface area contributed by atoms with Gasteiger partial charge in [0.05, 0.1) is 5.69 Å². The summed E-state index contributed by atoms with van der Waals surface area (Å²) in [5.74, 6) is -0.249. The number of fused-ring (bicyclic) bond motifs is 1. The van der Waals surface area contributed by atoms with Gasteiger partial charge in [-0.15, -0.1) is 0 Å². The molecule has 0 fully saturated rings. The number of halogens is 1. The summed E-state index contributed by atoms with van der Waals surface area (Å²) >= 11 is 0. The molecule has 0 amide bonds. The molecule has 3 N–H and O–H groups in total. The summed E-state index contributed by atoms with van der Waals surface area (Å²) in [6, 6.07) is 4.83. The molecule has 0 atom stereocenters. The number of para-hydroxylation sites is 1. The van der Waals surface area contributed by atoms with Crippen LogP contribution in [0.25, 0.3) is 10.9 Å². The van der Waals surface area contributed by atoms with Crippen LogP contribution >= 0.6 is 0 Å². The van der Waals surface area contributed by atoms with Gasteiger partial charge in [-0.1, -0.05) is 12.1 Å². The van der Waals surface area contributed by atoms with Gasteiger partial charge in [0.15, 0.2) is 0 Å². The van der Waals surface area contributed by atoms with Crippen LogP contribution in [0.1, 0.15) is 5.69 Å². The molecule has 0 spiro atoms.